The van der Waals surface area contributed by atoms with Crippen LogP contribution < -0.4 is 5.32 Å². The molecule has 0 heterocycles. The summed E-state index contributed by atoms with van der Waals surface area (Å²) in [6.07, 6.45) is 1.53. The molecule has 0 aliphatic carbocycles. The molecule has 0 atom stereocenters. The molecule has 1 rings (SSSR count). The maximum absolute atomic E-state index is 13.6. The predicted octanol–water partition coefficient (Wildman–Crippen LogP) is 4.16. The number of hydrogen-bond donors (Lipinski definition) is 1. The van der Waals surface area contributed by atoms with Crippen molar-refractivity contribution in [3.8, 4) is 0 Å². The first-order chi connectivity index (χ1) is 8.48. The predicted molar refractivity (Wildman–Crippen MR) is 76.0 cm³/mol. The Balaban J connectivity index is 2.97. The van der Waals surface area contributed by atoms with Gasteiger partial charge in [-0.15, -0.1) is 0 Å². The van der Waals surface area contributed by atoms with Crippen LogP contribution in [0.25, 0.3) is 0 Å². The van der Waals surface area contributed by atoms with Crippen molar-refractivity contribution in [2.75, 3.05) is 5.33 Å². The Morgan fingerprint density at radius 3 is 2.56 bits per heavy atom. The molecule has 1 aromatic carbocycles. The highest BCUT2D eigenvalue weighted by Gasteiger charge is 2.28. The van der Waals surface area contributed by atoms with Gasteiger partial charge in [0.25, 0.3) is 5.91 Å². The van der Waals surface area contributed by atoms with Crippen molar-refractivity contribution in [1.82, 2.24) is 5.32 Å². The maximum atomic E-state index is 13.6. The second-order valence-corrected chi connectivity index (χ2v) is 5.20. The summed E-state index contributed by atoms with van der Waals surface area (Å²) >= 11 is 9.17. The average molecular weight is 337 g/mol. The first-order valence-electron chi connectivity index (χ1n) is 5.81. The molecule has 0 fully saturated rings. The van der Waals surface area contributed by atoms with Crippen molar-refractivity contribution in [2.45, 2.75) is 32.2 Å². The van der Waals surface area contributed by atoms with Crippen LogP contribution in [0.2, 0.25) is 5.02 Å². The summed E-state index contributed by atoms with van der Waals surface area (Å²) in [7, 11) is 0. The number of nitrogens with one attached hydrogen (secondary N) is 1. The van der Waals surface area contributed by atoms with Crippen LogP contribution in [0.15, 0.2) is 18.2 Å². The van der Waals surface area contributed by atoms with Crippen molar-refractivity contribution < 1.29 is 9.18 Å². The number of carbonyl (C=O) groups excluding carboxylic acids is 1. The van der Waals surface area contributed by atoms with Gasteiger partial charge >= 0.3 is 0 Å². The number of benzene rings is 1. The van der Waals surface area contributed by atoms with Crippen LogP contribution in [0, 0.1) is 5.82 Å². The van der Waals surface area contributed by atoms with E-state index in [0.29, 0.717) is 10.4 Å². The topological polar surface area (TPSA) is 29.1 Å². The van der Waals surface area contributed by atoms with Crippen LogP contribution in [0.4, 0.5) is 4.39 Å². The van der Waals surface area contributed by atoms with Gasteiger partial charge in [0.1, 0.15) is 5.82 Å². The van der Waals surface area contributed by atoms with Crippen LogP contribution in [0.3, 0.4) is 0 Å². The van der Waals surface area contributed by atoms with Gasteiger partial charge in [0, 0.05) is 15.9 Å². The number of amides is 1. The maximum Gasteiger partial charge on any atom is 0.254 e. The lowest BCUT2D eigenvalue weighted by molar-refractivity contribution is 0.0899. The van der Waals surface area contributed by atoms with Gasteiger partial charge in [0.15, 0.2) is 0 Å². The highest BCUT2D eigenvalue weighted by molar-refractivity contribution is 9.09. The standard InChI is InChI=1S/C13H16BrClFNO/c1-3-13(4-2,8-14)17-12(18)10-7-9(15)5-6-11(10)16/h5-7H,3-4,8H2,1-2H3,(H,17,18). The summed E-state index contributed by atoms with van der Waals surface area (Å²) in [6.45, 7) is 3.97. The number of hydrogen-bond acceptors (Lipinski definition) is 1. The zero-order chi connectivity index (χ0) is 13.8. The minimum atomic E-state index is -0.562. The molecule has 0 spiro atoms. The molecule has 0 unspecified atom stereocenters. The van der Waals surface area contributed by atoms with Crippen molar-refractivity contribution in [2.24, 2.45) is 0 Å². The molecule has 0 radical (unpaired) electrons. The largest absolute Gasteiger partial charge is 0.346 e. The number of alkyl halides is 1. The summed E-state index contributed by atoms with van der Waals surface area (Å²) in [4.78, 5) is 12.1. The molecule has 5 heteroatoms. The van der Waals surface area contributed by atoms with Crippen LogP contribution in [0.1, 0.15) is 37.0 Å². The third kappa shape index (κ3) is 3.45. The van der Waals surface area contributed by atoms with Gasteiger partial charge in [-0.2, -0.15) is 0 Å². The zero-order valence-corrected chi connectivity index (χ0v) is 12.7. The van der Waals surface area contributed by atoms with Crippen LogP contribution >= 0.6 is 27.5 Å². The summed E-state index contributed by atoms with van der Waals surface area (Å²) in [5.41, 5.74) is -0.374. The quantitative estimate of drug-likeness (QED) is 0.804. The normalized spacial score (nSPS) is 11.4. The monoisotopic (exact) mass is 335 g/mol. The zero-order valence-electron chi connectivity index (χ0n) is 10.4. The van der Waals surface area contributed by atoms with E-state index in [1.165, 1.54) is 18.2 Å². The molecule has 0 bridgehead atoms. The number of carbonyl (C=O) groups is 1. The van der Waals surface area contributed by atoms with E-state index in [2.05, 4.69) is 21.2 Å². The SMILES string of the molecule is CCC(CC)(CBr)NC(=O)c1cc(Cl)ccc1F. The van der Waals surface area contributed by atoms with E-state index < -0.39 is 11.7 Å². The van der Waals surface area contributed by atoms with Gasteiger partial charge in [-0.25, -0.2) is 4.39 Å². The molecule has 1 aromatic rings. The van der Waals surface area contributed by atoms with Crippen molar-refractivity contribution in [1.29, 1.82) is 0 Å². The highest BCUT2D eigenvalue weighted by atomic mass is 79.9. The molecule has 0 aliphatic rings. The molecule has 0 saturated carbocycles. The van der Waals surface area contributed by atoms with E-state index in [0.717, 1.165) is 12.8 Å². The fourth-order valence-electron chi connectivity index (χ4n) is 1.63. The Morgan fingerprint density at radius 2 is 2.06 bits per heavy atom. The summed E-state index contributed by atoms with van der Waals surface area (Å²) < 4.78 is 13.6. The molecular weight excluding hydrogens is 321 g/mol. The number of halogens is 3. The smallest absolute Gasteiger partial charge is 0.254 e. The Hall–Kier alpha value is -0.610. The van der Waals surface area contributed by atoms with Gasteiger partial charge in [-0.3, -0.25) is 4.79 Å². The van der Waals surface area contributed by atoms with Gasteiger partial charge < -0.3 is 5.32 Å². The summed E-state index contributed by atoms with van der Waals surface area (Å²) in [5.74, 6) is -0.995. The van der Waals surface area contributed by atoms with E-state index in [1.807, 2.05) is 13.8 Å². The Bertz CT molecular complexity index is 427. The van der Waals surface area contributed by atoms with Crippen molar-refractivity contribution in [3.05, 3.63) is 34.6 Å². The fourth-order valence-corrected chi connectivity index (χ4v) is 2.73. The molecule has 0 aliphatic heterocycles. The van der Waals surface area contributed by atoms with E-state index in [4.69, 9.17) is 11.6 Å². The van der Waals surface area contributed by atoms with Crippen LogP contribution in [-0.4, -0.2) is 16.8 Å². The van der Waals surface area contributed by atoms with Gasteiger partial charge in [-0.05, 0) is 31.0 Å². The molecule has 2 nitrogen and oxygen atoms in total. The minimum Gasteiger partial charge on any atom is -0.346 e. The van der Waals surface area contributed by atoms with Crippen LogP contribution in [-0.2, 0) is 0 Å². The second-order valence-electron chi connectivity index (χ2n) is 4.20. The lowest BCUT2D eigenvalue weighted by Crippen LogP contribution is -2.49. The summed E-state index contributed by atoms with van der Waals surface area (Å²) in [5, 5.41) is 3.85. The molecule has 18 heavy (non-hydrogen) atoms. The van der Waals surface area contributed by atoms with E-state index >= 15 is 0 Å². The summed E-state index contributed by atoms with van der Waals surface area (Å²) in [6, 6.07) is 3.96. The van der Waals surface area contributed by atoms with Crippen molar-refractivity contribution >= 4 is 33.4 Å². The third-order valence-electron chi connectivity index (χ3n) is 3.16. The van der Waals surface area contributed by atoms with Crippen LogP contribution in [0.5, 0.6) is 0 Å². The van der Waals surface area contributed by atoms with Gasteiger partial charge in [0.05, 0.1) is 5.56 Å². The Labute approximate surface area is 120 Å². The van der Waals surface area contributed by atoms with Gasteiger partial charge in [-0.1, -0.05) is 41.4 Å². The molecule has 1 N–H and O–H groups in total. The van der Waals surface area contributed by atoms with E-state index in [9.17, 15) is 9.18 Å². The lowest BCUT2D eigenvalue weighted by Gasteiger charge is -2.31. The van der Waals surface area contributed by atoms with E-state index in [1.54, 1.807) is 0 Å². The molecule has 100 valence electrons. The van der Waals surface area contributed by atoms with Crippen molar-refractivity contribution in [3.63, 3.8) is 0 Å². The highest BCUT2D eigenvalue weighted by Crippen LogP contribution is 2.20. The fraction of sp³-hybridized carbons (Fsp3) is 0.462. The lowest BCUT2D eigenvalue weighted by atomic mass is 9.95. The van der Waals surface area contributed by atoms with E-state index in [-0.39, 0.29) is 11.1 Å². The minimum absolute atomic E-state index is 0.0188. The first-order valence-corrected chi connectivity index (χ1v) is 7.31. The Kier molecular flexibility index (Phi) is 5.60. The average Bonchev–Trinajstić information content (AvgIpc) is 2.38. The van der Waals surface area contributed by atoms with Gasteiger partial charge in [0.2, 0.25) is 0 Å². The molecule has 1 amide bonds. The Morgan fingerprint density at radius 1 is 1.44 bits per heavy atom. The molecule has 0 aromatic heterocycles. The third-order valence-corrected chi connectivity index (χ3v) is 4.47. The second kappa shape index (κ2) is 6.53. The first kappa shape index (κ1) is 15.4. The molecule has 0 saturated heterocycles. The number of rotatable bonds is 5. The molecular formula is C13H16BrClFNO.